The normalized spacial score (nSPS) is 12.5. The Hall–Kier alpha value is -2.38. The second-order valence-corrected chi connectivity index (χ2v) is 6.90. The van der Waals surface area contributed by atoms with Gasteiger partial charge in [-0.3, -0.25) is 0 Å². The summed E-state index contributed by atoms with van der Waals surface area (Å²) in [6.45, 7) is 9.13. The van der Waals surface area contributed by atoms with E-state index < -0.39 is 0 Å². The fraction of sp³-hybridized carbons (Fsp3) is 0.400. The summed E-state index contributed by atoms with van der Waals surface area (Å²) in [6.07, 6.45) is 0.643. The minimum Gasteiger partial charge on any atom is -0.468 e. The van der Waals surface area contributed by atoms with Gasteiger partial charge in [0.2, 0.25) is 5.88 Å². The molecular formula is C20H25N3O. The van der Waals surface area contributed by atoms with Gasteiger partial charge >= 0.3 is 0 Å². The van der Waals surface area contributed by atoms with Crippen LogP contribution in [0.5, 0.6) is 5.88 Å². The van der Waals surface area contributed by atoms with Crippen molar-refractivity contribution < 1.29 is 4.74 Å². The van der Waals surface area contributed by atoms with Crippen molar-refractivity contribution in [3.63, 3.8) is 0 Å². The molecule has 4 heteroatoms. The van der Waals surface area contributed by atoms with Crippen LogP contribution >= 0.6 is 0 Å². The van der Waals surface area contributed by atoms with E-state index in [1.807, 2.05) is 43.3 Å². The largest absolute Gasteiger partial charge is 0.468 e. The maximum Gasteiger partial charge on any atom is 0.232 e. The van der Waals surface area contributed by atoms with E-state index >= 15 is 0 Å². The molecule has 0 aliphatic heterocycles. The van der Waals surface area contributed by atoms with Gasteiger partial charge in [-0.25, -0.2) is 4.98 Å². The summed E-state index contributed by atoms with van der Waals surface area (Å²) >= 11 is 0. The van der Waals surface area contributed by atoms with Gasteiger partial charge in [-0.2, -0.15) is 5.26 Å². The van der Waals surface area contributed by atoms with Crippen LogP contribution < -0.4 is 10.1 Å². The summed E-state index contributed by atoms with van der Waals surface area (Å²) in [7, 11) is 0. The average Bonchev–Trinajstić information content (AvgIpc) is 2.54. The second kappa shape index (κ2) is 7.94. The molecule has 1 atom stereocenters. The highest BCUT2D eigenvalue weighted by molar-refractivity contribution is 5.39. The summed E-state index contributed by atoms with van der Waals surface area (Å²) < 4.78 is 6.14. The molecule has 0 saturated carbocycles. The minimum atomic E-state index is -0.151. The van der Waals surface area contributed by atoms with Gasteiger partial charge in [-0.1, -0.05) is 30.3 Å². The first kappa shape index (κ1) is 18.0. The molecule has 0 saturated heterocycles. The number of nitrogens with one attached hydrogen (secondary N) is 1. The number of nitrogens with zero attached hydrogens (tertiary/aromatic N) is 2. The molecule has 0 amide bonds. The van der Waals surface area contributed by atoms with Crippen LogP contribution in [0.3, 0.4) is 0 Å². The molecule has 1 N–H and O–H groups in total. The first-order chi connectivity index (χ1) is 11.4. The van der Waals surface area contributed by atoms with E-state index in [0.717, 1.165) is 24.2 Å². The first-order valence-electron chi connectivity index (χ1n) is 8.23. The Balaban J connectivity index is 2.20. The highest BCUT2D eigenvalue weighted by atomic mass is 16.5. The molecular weight excluding hydrogens is 298 g/mol. The summed E-state index contributed by atoms with van der Waals surface area (Å²) in [6, 6.07) is 15.8. The Bertz CT molecular complexity index is 699. The Kier molecular flexibility index (Phi) is 5.94. The van der Waals surface area contributed by atoms with Gasteiger partial charge in [0.05, 0.1) is 0 Å². The van der Waals surface area contributed by atoms with E-state index in [1.165, 1.54) is 0 Å². The fourth-order valence-electron chi connectivity index (χ4n) is 2.38. The van der Waals surface area contributed by atoms with Crippen molar-refractivity contribution in [1.29, 1.82) is 5.26 Å². The molecule has 0 spiro atoms. The number of hydrogen-bond donors (Lipinski definition) is 1. The molecule has 0 bridgehead atoms. The topological polar surface area (TPSA) is 57.9 Å². The quantitative estimate of drug-likeness (QED) is 0.867. The Morgan fingerprint density at radius 2 is 1.88 bits per heavy atom. The van der Waals surface area contributed by atoms with Crippen LogP contribution in [0, 0.1) is 18.3 Å². The summed E-state index contributed by atoms with van der Waals surface area (Å²) in [4.78, 5) is 4.40. The van der Waals surface area contributed by atoms with Gasteiger partial charge in [-0.05, 0) is 51.9 Å². The van der Waals surface area contributed by atoms with Crippen LogP contribution in [-0.2, 0) is 0 Å². The highest BCUT2D eigenvalue weighted by Gasteiger charge is 2.18. The highest BCUT2D eigenvalue weighted by Crippen LogP contribution is 2.26. The SMILES string of the molecule is Cc1ccc(C#N)c(OC(CCNC(C)(C)C)c2ccccc2)n1. The maximum absolute atomic E-state index is 9.29. The molecule has 126 valence electrons. The number of rotatable bonds is 6. The number of benzene rings is 1. The molecule has 2 aromatic rings. The number of nitriles is 1. The third-order valence-electron chi connectivity index (χ3n) is 3.61. The zero-order valence-corrected chi connectivity index (χ0v) is 14.8. The van der Waals surface area contributed by atoms with Crippen LogP contribution in [0.1, 0.15) is 50.1 Å². The van der Waals surface area contributed by atoms with E-state index in [9.17, 15) is 5.26 Å². The molecule has 0 aliphatic carbocycles. The van der Waals surface area contributed by atoms with Gasteiger partial charge in [0.25, 0.3) is 0 Å². The maximum atomic E-state index is 9.29. The van der Waals surface area contributed by atoms with Crippen molar-refractivity contribution in [2.75, 3.05) is 6.54 Å². The molecule has 4 nitrogen and oxygen atoms in total. The Labute approximate surface area is 144 Å². The molecule has 2 rings (SSSR count). The Morgan fingerprint density at radius 3 is 2.50 bits per heavy atom. The van der Waals surface area contributed by atoms with Crippen LogP contribution in [0.25, 0.3) is 0 Å². The average molecular weight is 323 g/mol. The number of hydrogen-bond acceptors (Lipinski definition) is 4. The third-order valence-corrected chi connectivity index (χ3v) is 3.61. The van der Waals surface area contributed by atoms with E-state index in [0.29, 0.717) is 11.4 Å². The van der Waals surface area contributed by atoms with Crippen molar-refractivity contribution in [1.82, 2.24) is 10.3 Å². The smallest absolute Gasteiger partial charge is 0.232 e. The van der Waals surface area contributed by atoms with Crippen molar-refractivity contribution in [3.8, 4) is 11.9 Å². The van der Waals surface area contributed by atoms with Gasteiger partial charge in [0.1, 0.15) is 17.7 Å². The van der Waals surface area contributed by atoms with Gasteiger partial charge in [-0.15, -0.1) is 0 Å². The minimum absolute atomic E-state index is 0.0562. The van der Waals surface area contributed by atoms with Crippen LogP contribution in [0.15, 0.2) is 42.5 Å². The molecule has 1 heterocycles. The molecule has 24 heavy (non-hydrogen) atoms. The van der Waals surface area contributed by atoms with Crippen molar-refractivity contribution >= 4 is 0 Å². The lowest BCUT2D eigenvalue weighted by molar-refractivity contribution is 0.181. The fourth-order valence-corrected chi connectivity index (χ4v) is 2.38. The first-order valence-corrected chi connectivity index (χ1v) is 8.23. The number of aryl methyl sites for hydroxylation is 1. The summed E-state index contributed by atoms with van der Waals surface area (Å²) in [5.74, 6) is 0.405. The summed E-state index contributed by atoms with van der Waals surface area (Å²) in [5, 5.41) is 12.8. The standard InChI is InChI=1S/C20H25N3O/c1-15-10-11-17(14-21)19(23-15)24-18(12-13-22-20(2,3)4)16-8-6-5-7-9-16/h5-11,18,22H,12-13H2,1-4H3. The number of ether oxygens (including phenoxy) is 1. The van der Waals surface area contributed by atoms with Crippen molar-refractivity contribution in [3.05, 3.63) is 59.3 Å². The van der Waals surface area contributed by atoms with Crippen LogP contribution in [-0.4, -0.2) is 17.1 Å². The van der Waals surface area contributed by atoms with Gasteiger partial charge in [0.15, 0.2) is 0 Å². The van der Waals surface area contributed by atoms with Crippen LogP contribution in [0.2, 0.25) is 0 Å². The van der Waals surface area contributed by atoms with Crippen LogP contribution in [0.4, 0.5) is 0 Å². The predicted octanol–water partition coefficient (Wildman–Crippen LogP) is 4.16. The predicted molar refractivity (Wildman–Crippen MR) is 95.9 cm³/mol. The number of aromatic nitrogens is 1. The number of pyridine rings is 1. The van der Waals surface area contributed by atoms with E-state index in [-0.39, 0.29) is 11.6 Å². The molecule has 1 aromatic carbocycles. The Morgan fingerprint density at radius 1 is 1.17 bits per heavy atom. The van der Waals surface area contributed by atoms with E-state index in [2.05, 4.69) is 37.1 Å². The van der Waals surface area contributed by atoms with Gasteiger partial charge in [0, 0.05) is 17.7 Å². The lowest BCUT2D eigenvalue weighted by Gasteiger charge is -2.24. The lowest BCUT2D eigenvalue weighted by atomic mass is 10.0. The zero-order chi connectivity index (χ0) is 17.6. The van der Waals surface area contributed by atoms with Crippen molar-refractivity contribution in [2.45, 2.75) is 45.8 Å². The molecule has 1 unspecified atom stereocenters. The van der Waals surface area contributed by atoms with E-state index in [4.69, 9.17) is 4.74 Å². The van der Waals surface area contributed by atoms with Gasteiger partial charge < -0.3 is 10.1 Å². The third kappa shape index (κ3) is 5.36. The van der Waals surface area contributed by atoms with E-state index in [1.54, 1.807) is 6.07 Å². The molecule has 0 radical (unpaired) electrons. The second-order valence-electron chi connectivity index (χ2n) is 6.90. The molecule has 1 aromatic heterocycles. The molecule has 0 fully saturated rings. The summed E-state index contributed by atoms with van der Waals surface area (Å²) in [5.41, 5.74) is 2.44. The molecule has 0 aliphatic rings. The zero-order valence-electron chi connectivity index (χ0n) is 14.8. The van der Waals surface area contributed by atoms with Crippen molar-refractivity contribution in [2.24, 2.45) is 0 Å². The monoisotopic (exact) mass is 323 g/mol. The lowest BCUT2D eigenvalue weighted by Crippen LogP contribution is -2.37.